The number of halogens is 2. The van der Waals surface area contributed by atoms with Crippen molar-refractivity contribution in [3.05, 3.63) is 65.1 Å². The first-order valence-electron chi connectivity index (χ1n) is 12.4. The van der Waals surface area contributed by atoms with E-state index in [1.165, 1.54) is 12.1 Å². The molecule has 1 fully saturated rings. The highest BCUT2D eigenvalue weighted by Crippen LogP contribution is 2.25. The Morgan fingerprint density at radius 2 is 2.00 bits per heavy atom. The highest BCUT2D eigenvalue weighted by atomic mass is 35.5. The third-order valence-electron chi connectivity index (χ3n) is 6.16. The molecule has 3 amide bonds. The van der Waals surface area contributed by atoms with E-state index < -0.39 is 23.8 Å². The van der Waals surface area contributed by atoms with Gasteiger partial charge >= 0.3 is 0 Å². The molecule has 8 nitrogen and oxygen atoms in total. The van der Waals surface area contributed by atoms with Gasteiger partial charge in [-0.3, -0.25) is 14.4 Å². The number of carbonyl (C=O) groups excluding carboxylic acids is 3. The molecular formula is C28H31ClFN5O3. The van der Waals surface area contributed by atoms with Crippen LogP contribution in [0.1, 0.15) is 44.1 Å². The van der Waals surface area contributed by atoms with Crippen molar-refractivity contribution >= 4 is 46.4 Å². The van der Waals surface area contributed by atoms with Crippen LogP contribution >= 0.6 is 11.6 Å². The van der Waals surface area contributed by atoms with Crippen molar-refractivity contribution in [2.75, 3.05) is 11.9 Å². The number of aromatic amines is 1. The number of fused-ring (bicyclic) bond motifs is 1. The van der Waals surface area contributed by atoms with Crippen LogP contribution in [0.25, 0.3) is 10.9 Å². The Bertz CT molecular complexity index is 1340. The Hall–Kier alpha value is -3.90. The number of amides is 3. The number of aromatic nitrogens is 1. The number of rotatable bonds is 7. The van der Waals surface area contributed by atoms with E-state index in [4.69, 9.17) is 11.6 Å². The Balaban J connectivity index is 0.000000336. The summed E-state index contributed by atoms with van der Waals surface area (Å²) in [5, 5.41) is 15.6. The predicted octanol–water partition coefficient (Wildman–Crippen LogP) is 5.12. The van der Waals surface area contributed by atoms with Gasteiger partial charge in [0, 0.05) is 28.2 Å². The maximum Gasteiger partial charge on any atom is 0.268 e. The maximum atomic E-state index is 13.9. The molecular weight excluding hydrogens is 509 g/mol. The average molecular weight is 540 g/mol. The molecule has 1 aliphatic rings. The number of likely N-dealkylation sites (tertiary alicyclic amines) is 1. The largest absolute Gasteiger partial charge is 0.350 e. The van der Waals surface area contributed by atoms with Crippen LogP contribution in [-0.2, 0) is 9.59 Å². The molecule has 2 aromatic carbocycles. The standard InChI is InChI=1S/C21H25FN4O2.C7H6ClNO/c1-12(2)7-19(21(28)26-11-13(3)8-14(26)10-23)25-20(27)18-9-15-16(22)5-4-6-17(15)24-18;8-6-2-1-3-7(4-6)9-5-10/h4-6,9,12-14,19,24H,7-8,11H2,1-3H3,(H,25,27);1-5H,(H,9,10). The van der Waals surface area contributed by atoms with Gasteiger partial charge in [-0.25, -0.2) is 4.39 Å². The Morgan fingerprint density at radius 1 is 1.26 bits per heavy atom. The minimum Gasteiger partial charge on any atom is -0.350 e. The van der Waals surface area contributed by atoms with Crippen molar-refractivity contribution < 1.29 is 18.8 Å². The van der Waals surface area contributed by atoms with Crippen molar-refractivity contribution in [2.24, 2.45) is 11.8 Å². The van der Waals surface area contributed by atoms with Gasteiger partial charge in [0.2, 0.25) is 12.3 Å². The van der Waals surface area contributed by atoms with Crippen LogP contribution in [0.2, 0.25) is 5.02 Å². The fraction of sp³-hybridized carbons (Fsp3) is 0.357. The Kier molecular flexibility index (Phi) is 9.85. The zero-order chi connectivity index (χ0) is 27.8. The highest BCUT2D eigenvalue weighted by Gasteiger charge is 2.37. The molecule has 2 heterocycles. The van der Waals surface area contributed by atoms with Gasteiger partial charge in [-0.1, -0.05) is 44.5 Å². The topological polar surface area (TPSA) is 118 Å². The number of nitrogens with one attached hydrogen (secondary N) is 3. The van der Waals surface area contributed by atoms with Gasteiger partial charge in [0.15, 0.2) is 0 Å². The molecule has 200 valence electrons. The molecule has 3 aromatic rings. The first-order valence-corrected chi connectivity index (χ1v) is 12.7. The molecule has 1 aliphatic heterocycles. The van der Waals surface area contributed by atoms with E-state index in [1.807, 2.05) is 20.8 Å². The lowest BCUT2D eigenvalue weighted by Gasteiger charge is -2.27. The van der Waals surface area contributed by atoms with Crippen molar-refractivity contribution in [3.63, 3.8) is 0 Å². The molecule has 10 heteroatoms. The zero-order valence-electron chi connectivity index (χ0n) is 21.5. The quantitative estimate of drug-likeness (QED) is 0.361. The van der Waals surface area contributed by atoms with E-state index in [9.17, 15) is 24.0 Å². The number of H-pyrrole nitrogens is 1. The minimum absolute atomic E-state index is 0.176. The molecule has 38 heavy (non-hydrogen) atoms. The van der Waals surface area contributed by atoms with Gasteiger partial charge < -0.3 is 20.5 Å². The zero-order valence-corrected chi connectivity index (χ0v) is 22.3. The van der Waals surface area contributed by atoms with Gasteiger partial charge in [-0.15, -0.1) is 0 Å². The Morgan fingerprint density at radius 3 is 2.63 bits per heavy atom. The predicted molar refractivity (Wildman–Crippen MR) is 145 cm³/mol. The molecule has 0 bridgehead atoms. The van der Waals surface area contributed by atoms with Gasteiger partial charge in [-0.05, 0) is 61.1 Å². The number of benzene rings is 2. The lowest BCUT2D eigenvalue weighted by Crippen LogP contribution is -2.50. The van der Waals surface area contributed by atoms with Crippen molar-refractivity contribution in [2.45, 2.75) is 45.7 Å². The van der Waals surface area contributed by atoms with E-state index in [2.05, 4.69) is 21.7 Å². The molecule has 3 atom stereocenters. The number of nitrogens with zero attached hydrogens (tertiary/aromatic N) is 2. The van der Waals surface area contributed by atoms with Gasteiger partial charge in [-0.2, -0.15) is 5.26 Å². The summed E-state index contributed by atoms with van der Waals surface area (Å²) in [7, 11) is 0. The first kappa shape index (κ1) is 28.7. The average Bonchev–Trinajstić information content (AvgIpc) is 3.48. The molecule has 4 rings (SSSR count). The van der Waals surface area contributed by atoms with Crippen LogP contribution in [0.4, 0.5) is 10.1 Å². The molecule has 3 N–H and O–H groups in total. The second-order valence-corrected chi connectivity index (χ2v) is 10.2. The lowest BCUT2D eigenvalue weighted by molar-refractivity contribution is -0.133. The third-order valence-corrected chi connectivity index (χ3v) is 6.39. The fourth-order valence-corrected chi connectivity index (χ4v) is 4.62. The summed E-state index contributed by atoms with van der Waals surface area (Å²) in [6.07, 6.45) is 1.72. The van der Waals surface area contributed by atoms with Crippen molar-refractivity contribution in [1.29, 1.82) is 5.26 Å². The summed E-state index contributed by atoms with van der Waals surface area (Å²) >= 11 is 5.62. The van der Waals surface area contributed by atoms with Crippen molar-refractivity contribution in [1.82, 2.24) is 15.2 Å². The molecule has 1 saturated heterocycles. The van der Waals surface area contributed by atoms with Gasteiger partial charge in [0.1, 0.15) is 23.6 Å². The summed E-state index contributed by atoms with van der Waals surface area (Å²) < 4.78 is 13.9. The van der Waals surface area contributed by atoms with Crippen LogP contribution in [-0.4, -0.2) is 46.7 Å². The second kappa shape index (κ2) is 13.1. The SMILES string of the molecule is CC(C)CC(NC(=O)c1cc2c(F)cccc2[nH]1)C(=O)N1CC(C)CC1C#N.O=CNc1cccc(Cl)c1. The number of nitriles is 1. The van der Waals surface area contributed by atoms with E-state index in [-0.39, 0.29) is 23.4 Å². The highest BCUT2D eigenvalue weighted by molar-refractivity contribution is 6.30. The normalized spacial score (nSPS) is 17.3. The monoisotopic (exact) mass is 539 g/mol. The number of hydrogen-bond acceptors (Lipinski definition) is 4. The van der Waals surface area contributed by atoms with E-state index >= 15 is 0 Å². The summed E-state index contributed by atoms with van der Waals surface area (Å²) in [6, 6.07) is 14.0. The van der Waals surface area contributed by atoms with Crippen LogP contribution in [0.3, 0.4) is 0 Å². The molecule has 0 aliphatic carbocycles. The lowest BCUT2D eigenvalue weighted by atomic mass is 10.0. The minimum atomic E-state index is -0.732. The molecule has 0 saturated carbocycles. The van der Waals surface area contributed by atoms with E-state index in [0.717, 1.165) is 0 Å². The first-order chi connectivity index (χ1) is 18.1. The van der Waals surface area contributed by atoms with E-state index in [1.54, 1.807) is 41.3 Å². The summed E-state index contributed by atoms with van der Waals surface area (Å²) in [5.74, 6) is -0.684. The summed E-state index contributed by atoms with van der Waals surface area (Å²) in [6.45, 7) is 6.46. The second-order valence-electron chi connectivity index (χ2n) is 9.79. The Labute approximate surface area is 226 Å². The van der Waals surface area contributed by atoms with Crippen LogP contribution in [0.15, 0.2) is 48.5 Å². The molecule has 3 unspecified atom stereocenters. The van der Waals surface area contributed by atoms with Crippen LogP contribution < -0.4 is 10.6 Å². The number of anilines is 1. The fourth-order valence-electron chi connectivity index (χ4n) is 4.43. The summed E-state index contributed by atoms with van der Waals surface area (Å²) in [5.41, 5.74) is 1.44. The van der Waals surface area contributed by atoms with Gasteiger partial charge in [0.25, 0.3) is 5.91 Å². The molecule has 0 radical (unpaired) electrons. The van der Waals surface area contributed by atoms with Crippen LogP contribution in [0, 0.1) is 29.0 Å². The molecule has 1 aromatic heterocycles. The number of hydrogen-bond donors (Lipinski definition) is 3. The smallest absolute Gasteiger partial charge is 0.268 e. The molecule has 0 spiro atoms. The van der Waals surface area contributed by atoms with Gasteiger partial charge in [0.05, 0.1) is 6.07 Å². The van der Waals surface area contributed by atoms with Crippen LogP contribution in [0.5, 0.6) is 0 Å². The third kappa shape index (κ3) is 7.33. The summed E-state index contributed by atoms with van der Waals surface area (Å²) in [4.78, 5) is 40.2. The van der Waals surface area contributed by atoms with Crippen molar-refractivity contribution in [3.8, 4) is 6.07 Å². The number of carbonyl (C=O) groups is 3. The van der Waals surface area contributed by atoms with E-state index in [0.29, 0.717) is 47.4 Å². The maximum absolute atomic E-state index is 13.9.